The Labute approximate surface area is 122 Å². The van der Waals surface area contributed by atoms with Crippen LogP contribution in [-0.4, -0.2) is 11.1 Å². The van der Waals surface area contributed by atoms with E-state index in [1.54, 1.807) is 0 Å². The van der Waals surface area contributed by atoms with Crippen LogP contribution in [0.5, 0.6) is 5.75 Å². The lowest BCUT2D eigenvalue weighted by Gasteiger charge is -2.10. The van der Waals surface area contributed by atoms with Gasteiger partial charge in [0.1, 0.15) is 23.7 Å². The summed E-state index contributed by atoms with van der Waals surface area (Å²) < 4.78 is 18.7. The van der Waals surface area contributed by atoms with Crippen LogP contribution in [0.2, 0.25) is 0 Å². The highest BCUT2D eigenvalue weighted by Crippen LogP contribution is 2.25. The largest absolute Gasteiger partial charge is 0.488 e. The smallest absolute Gasteiger partial charge is 0.339 e. The van der Waals surface area contributed by atoms with Crippen molar-refractivity contribution in [3.05, 3.63) is 64.5 Å². The van der Waals surface area contributed by atoms with Crippen LogP contribution in [0, 0.1) is 5.82 Å². The van der Waals surface area contributed by atoms with Crippen molar-refractivity contribution >= 4 is 5.97 Å². The highest BCUT2D eigenvalue weighted by molar-refractivity contribution is 5.90. The van der Waals surface area contributed by atoms with Gasteiger partial charge in [-0.2, -0.15) is 0 Å². The molecule has 3 rings (SSSR count). The molecule has 0 heterocycles. The van der Waals surface area contributed by atoms with Crippen LogP contribution >= 0.6 is 0 Å². The number of ether oxygens (including phenoxy) is 1. The Morgan fingerprint density at radius 1 is 1.14 bits per heavy atom. The second kappa shape index (κ2) is 5.56. The number of aryl methyl sites for hydroxylation is 2. The second-order valence-corrected chi connectivity index (χ2v) is 5.19. The Bertz CT molecular complexity index is 694. The van der Waals surface area contributed by atoms with Crippen molar-refractivity contribution < 1.29 is 19.0 Å². The third-order valence-corrected chi connectivity index (χ3v) is 3.73. The van der Waals surface area contributed by atoms with Crippen molar-refractivity contribution in [1.82, 2.24) is 0 Å². The van der Waals surface area contributed by atoms with Gasteiger partial charge in [-0.25, -0.2) is 9.18 Å². The van der Waals surface area contributed by atoms with E-state index in [1.165, 1.54) is 29.7 Å². The molecule has 0 radical (unpaired) electrons. The molecular formula is C17H15FO3. The number of carboxylic acids is 1. The van der Waals surface area contributed by atoms with E-state index in [1.807, 2.05) is 6.07 Å². The molecule has 0 saturated carbocycles. The van der Waals surface area contributed by atoms with E-state index in [9.17, 15) is 9.18 Å². The van der Waals surface area contributed by atoms with E-state index in [0.29, 0.717) is 0 Å². The fourth-order valence-corrected chi connectivity index (χ4v) is 2.67. The maximum atomic E-state index is 13.1. The monoisotopic (exact) mass is 286 g/mol. The summed E-state index contributed by atoms with van der Waals surface area (Å²) in [4.78, 5) is 11.1. The summed E-state index contributed by atoms with van der Waals surface area (Å²) in [6, 6.07) is 9.72. The summed E-state index contributed by atoms with van der Waals surface area (Å²) in [6.07, 6.45) is 3.39. The quantitative estimate of drug-likeness (QED) is 0.934. The lowest BCUT2D eigenvalue weighted by atomic mass is 10.1. The fraction of sp³-hybridized carbons (Fsp3) is 0.235. The average molecular weight is 286 g/mol. The summed E-state index contributed by atoms with van der Waals surface area (Å²) in [5.41, 5.74) is 3.56. The molecule has 0 aromatic heterocycles. The van der Waals surface area contributed by atoms with E-state index in [4.69, 9.17) is 9.84 Å². The zero-order valence-electron chi connectivity index (χ0n) is 11.4. The minimum Gasteiger partial charge on any atom is -0.488 e. The van der Waals surface area contributed by atoms with E-state index in [0.717, 1.165) is 24.5 Å². The molecule has 21 heavy (non-hydrogen) atoms. The normalized spacial score (nSPS) is 13.0. The van der Waals surface area contributed by atoms with Crippen LogP contribution in [0.4, 0.5) is 4.39 Å². The minimum absolute atomic E-state index is 0.156. The maximum Gasteiger partial charge on any atom is 0.339 e. The minimum atomic E-state index is -1.20. The van der Waals surface area contributed by atoms with Crippen LogP contribution < -0.4 is 4.74 Å². The van der Waals surface area contributed by atoms with Gasteiger partial charge in [-0.3, -0.25) is 0 Å². The van der Waals surface area contributed by atoms with Gasteiger partial charge < -0.3 is 9.84 Å². The number of carbonyl (C=O) groups is 1. The molecule has 0 bridgehead atoms. The number of halogens is 1. The zero-order valence-corrected chi connectivity index (χ0v) is 11.4. The van der Waals surface area contributed by atoms with Gasteiger partial charge in [-0.15, -0.1) is 0 Å². The fourth-order valence-electron chi connectivity index (χ4n) is 2.67. The van der Waals surface area contributed by atoms with Gasteiger partial charge in [-0.1, -0.05) is 18.2 Å². The molecule has 0 spiro atoms. The lowest BCUT2D eigenvalue weighted by Crippen LogP contribution is -2.04. The number of benzene rings is 2. The molecule has 0 atom stereocenters. The molecule has 1 N–H and O–H groups in total. The van der Waals surface area contributed by atoms with Gasteiger partial charge in [0.15, 0.2) is 0 Å². The van der Waals surface area contributed by atoms with Crippen LogP contribution in [0.1, 0.15) is 33.5 Å². The van der Waals surface area contributed by atoms with Crippen molar-refractivity contribution in [3.8, 4) is 5.75 Å². The van der Waals surface area contributed by atoms with Crippen molar-refractivity contribution in [2.24, 2.45) is 0 Å². The maximum absolute atomic E-state index is 13.1. The molecule has 1 aliphatic rings. The number of carboxylic acid groups (broad SMARTS) is 1. The van der Waals surface area contributed by atoms with Crippen LogP contribution in [-0.2, 0) is 19.4 Å². The molecule has 0 amide bonds. The number of hydrogen-bond acceptors (Lipinski definition) is 2. The number of hydrogen-bond donors (Lipinski definition) is 1. The first-order chi connectivity index (χ1) is 10.1. The van der Waals surface area contributed by atoms with E-state index in [-0.39, 0.29) is 17.9 Å². The number of rotatable bonds is 4. The Morgan fingerprint density at radius 3 is 2.76 bits per heavy atom. The van der Waals surface area contributed by atoms with Crippen molar-refractivity contribution in [1.29, 1.82) is 0 Å². The highest BCUT2D eigenvalue weighted by Gasteiger charge is 2.14. The van der Waals surface area contributed by atoms with Crippen LogP contribution in [0.3, 0.4) is 0 Å². The average Bonchev–Trinajstić information content (AvgIpc) is 2.93. The van der Waals surface area contributed by atoms with Gasteiger partial charge in [-0.05, 0) is 54.2 Å². The topological polar surface area (TPSA) is 46.5 Å². The molecule has 0 aliphatic heterocycles. The Balaban J connectivity index is 1.77. The molecule has 0 saturated heterocycles. The van der Waals surface area contributed by atoms with Crippen molar-refractivity contribution in [3.63, 3.8) is 0 Å². The summed E-state index contributed by atoms with van der Waals surface area (Å²) in [6.45, 7) is 0.277. The van der Waals surface area contributed by atoms with Gasteiger partial charge >= 0.3 is 5.97 Å². The molecule has 4 heteroatoms. The van der Waals surface area contributed by atoms with Gasteiger partial charge in [0, 0.05) is 0 Å². The van der Waals surface area contributed by atoms with Gasteiger partial charge in [0.05, 0.1) is 0 Å². The van der Waals surface area contributed by atoms with E-state index in [2.05, 4.69) is 12.1 Å². The molecule has 0 fully saturated rings. The first-order valence-corrected chi connectivity index (χ1v) is 6.90. The standard InChI is InChI=1S/C17H15FO3/c18-14-6-7-16(15(9-14)17(19)20)21-10-11-4-5-12-2-1-3-13(12)8-11/h4-9H,1-3,10H2,(H,19,20). The van der Waals surface area contributed by atoms with Crippen molar-refractivity contribution in [2.75, 3.05) is 0 Å². The zero-order chi connectivity index (χ0) is 14.8. The lowest BCUT2D eigenvalue weighted by molar-refractivity contribution is 0.0691. The molecular weight excluding hydrogens is 271 g/mol. The Hall–Kier alpha value is -2.36. The summed E-state index contributed by atoms with van der Waals surface area (Å²) >= 11 is 0. The van der Waals surface area contributed by atoms with Crippen LogP contribution in [0.25, 0.3) is 0 Å². The number of aromatic carboxylic acids is 1. The van der Waals surface area contributed by atoms with Gasteiger partial charge in [0.25, 0.3) is 0 Å². The molecule has 108 valence electrons. The van der Waals surface area contributed by atoms with E-state index >= 15 is 0 Å². The number of fused-ring (bicyclic) bond motifs is 1. The predicted octanol–water partition coefficient (Wildman–Crippen LogP) is 3.59. The summed E-state index contributed by atoms with van der Waals surface area (Å²) in [5, 5.41) is 9.07. The van der Waals surface area contributed by atoms with Gasteiger partial charge in [0.2, 0.25) is 0 Å². The predicted molar refractivity (Wildman–Crippen MR) is 76.2 cm³/mol. The van der Waals surface area contributed by atoms with Crippen LogP contribution in [0.15, 0.2) is 36.4 Å². The van der Waals surface area contributed by atoms with E-state index < -0.39 is 11.8 Å². The molecule has 0 unspecified atom stereocenters. The summed E-state index contributed by atoms with van der Waals surface area (Å²) in [7, 11) is 0. The SMILES string of the molecule is O=C(O)c1cc(F)ccc1OCc1ccc2c(c1)CCC2. The highest BCUT2D eigenvalue weighted by atomic mass is 19.1. The summed E-state index contributed by atoms with van der Waals surface area (Å²) in [5.74, 6) is -1.60. The third kappa shape index (κ3) is 2.89. The second-order valence-electron chi connectivity index (χ2n) is 5.19. The Morgan fingerprint density at radius 2 is 1.95 bits per heavy atom. The molecule has 2 aromatic rings. The Kier molecular flexibility index (Phi) is 3.60. The molecule has 1 aliphatic carbocycles. The van der Waals surface area contributed by atoms with Crippen molar-refractivity contribution in [2.45, 2.75) is 25.9 Å². The molecule has 2 aromatic carbocycles. The molecule has 3 nitrogen and oxygen atoms in total. The third-order valence-electron chi connectivity index (χ3n) is 3.73. The first kappa shape index (κ1) is 13.6. The first-order valence-electron chi connectivity index (χ1n) is 6.90.